The topological polar surface area (TPSA) is 256 Å². The number of rotatable bonds is 31. The van der Waals surface area contributed by atoms with Gasteiger partial charge in [0.1, 0.15) is 49.6 Å². The van der Waals surface area contributed by atoms with Crippen LogP contribution in [0.2, 0.25) is 5.02 Å². The number of likely N-dealkylation sites (tertiary alicyclic amines) is 1. The summed E-state index contributed by atoms with van der Waals surface area (Å²) in [7, 11) is 1.59. The number of halogens is 3. The number of hydrogen-bond donors (Lipinski definition) is 1. The lowest BCUT2D eigenvalue weighted by atomic mass is 9.59. The van der Waals surface area contributed by atoms with E-state index in [0.717, 1.165) is 47.2 Å². The first kappa shape index (κ1) is 61.1. The second kappa shape index (κ2) is 30.2. The third-order valence-electron chi connectivity index (χ3n) is 13.3. The Kier molecular flexibility index (Phi) is 24.0. The minimum absolute atomic E-state index is 0.0217. The molecule has 22 nitrogen and oxygen atoms in total. The van der Waals surface area contributed by atoms with Crippen LogP contribution in [0, 0.1) is 56.0 Å². The van der Waals surface area contributed by atoms with Crippen LogP contribution in [0.1, 0.15) is 75.1 Å². The smallest absolute Gasteiger partial charge is 0.496 e. The lowest BCUT2D eigenvalue weighted by molar-refractivity contribution is -0.758. The highest BCUT2D eigenvalue weighted by molar-refractivity contribution is 6.32. The standard InChI is InChI=1S/C50H62ClF2N5O17.C2H6/c1-32-27-36(10-15-41(32)67-3)31-55(38-11-12-38)47(60)33(2)45-50(29-35-8-6-34(7-9-35)5-4-17-70-44-40(53)14-13-39(52)43(44)51)30-37(28-42(50)56(45)48(61)71-23-19-68-21-25-74-57(63)64)46(59)54-16-18-72-49(62)73-24-20-69-22-26-75-58(65)66;1-2/h6-10,13-15,27,33,37-38,42,45H,4-5,11-12,16-26,28-31H2,1-3H3,(H,54,59);1-2H3. The Balaban J connectivity index is 0.00000540. The van der Waals surface area contributed by atoms with Gasteiger partial charge >= 0.3 is 12.2 Å². The van der Waals surface area contributed by atoms with Gasteiger partial charge in [-0.3, -0.25) is 9.59 Å². The van der Waals surface area contributed by atoms with Crippen molar-refractivity contribution in [2.75, 3.05) is 79.7 Å². The van der Waals surface area contributed by atoms with E-state index in [1.807, 2.05) is 68.1 Å². The summed E-state index contributed by atoms with van der Waals surface area (Å²) in [4.78, 5) is 88.3. The second-order valence-electron chi connectivity index (χ2n) is 18.3. The molecule has 3 fully saturated rings. The summed E-state index contributed by atoms with van der Waals surface area (Å²) >= 11 is 5.93. The highest BCUT2D eigenvalue weighted by atomic mass is 35.5. The van der Waals surface area contributed by atoms with Gasteiger partial charge in [0.25, 0.3) is 10.2 Å². The van der Waals surface area contributed by atoms with E-state index in [-0.39, 0.29) is 109 Å². The molecule has 5 unspecified atom stereocenters. The minimum Gasteiger partial charge on any atom is -0.496 e. The first-order valence-electron chi connectivity index (χ1n) is 25.5. The number of carbonyl (C=O) groups is 4. The fourth-order valence-corrected chi connectivity index (χ4v) is 10.1. The molecule has 3 aromatic rings. The normalized spacial score (nSPS) is 18.5. The van der Waals surface area contributed by atoms with Crippen LogP contribution < -0.4 is 14.8 Å². The number of hydrogen-bond acceptors (Lipinski definition) is 17. The summed E-state index contributed by atoms with van der Waals surface area (Å²) in [6.45, 7) is 6.35. The van der Waals surface area contributed by atoms with E-state index >= 15 is 4.79 Å². The fourth-order valence-electron chi connectivity index (χ4n) is 9.94. The molecule has 1 N–H and O–H groups in total. The van der Waals surface area contributed by atoms with Crippen LogP contribution in [0.25, 0.3) is 0 Å². The molecule has 3 aliphatic rings. The lowest BCUT2D eigenvalue weighted by Crippen LogP contribution is -2.74. The molecule has 25 heteroatoms. The molecule has 424 valence electrons. The van der Waals surface area contributed by atoms with Crippen LogP contribution in [0.3, 0.4) is 0 Å². The summed E-state index contributed by atoms with van der Waals surface area (Å²) < 4.78 is 65.5. The van der Waals surface area contributed by atoms with E-state index in [9.17, 15) is 43.4 Å². The average Bonchev–Trinajstić information content (AvgIpc) is 4.29. The van der Waals surface area contributed by atoms with E-state index < -0.39 is 68.4 Å². The maximum absolute atomic E-state index is 15.1. The number of amides is 3. The average molecular weight is 1110 g/mol. The van der Waals surface area contributed by atoms with E-state index in [0.29, 0.717) is 31.6 Å². The van der Waals surface area contributed by atoms with Gasteiger partial charge in [-0.15, -0.1) is 20.2 Å². The van der Waals surface area contributed by atoms with Crippen molar-refractivity contribution in [3.8, 4) is 11.5 Å². The molecule has 1 aliphatic heterocycles. The largest absolute Gasteiger partial charge is 0.508 e. The number of aryl methyl sites for hydroxylation is 2. The van der Waals surface area contributed by atoms with Crippen molar-refractivity contribution >= 4 is 35.7 Å². The molecule has 1 heterocycles. The Morgan fingerprint density at radius 1 is 0.818 bits per heavy atom. The molecule has 1 saturated heterocycles. The van der Waals surface area contributed by atoms with Crippen molar-refractivity contribution in [3.63, 3.8) is 0 Å². The van der Waals surface area contributed by atoms with Gasteiger partial charge < -0.3 is 57.9 Å². The zero-order valence-corrected chi connectivity index (χ0v) is 44.6. The van der Waals surface area contributed by atoms with Crippen molar-refractivity contribution in [1.29, 1.82) is 0 Å². The molecule has 0 spiro atoms. The van der Waals surface area contributed by atoms with Crippen LogP contribution in [0.15, 0.2) is 54.6 Å². The SMILES string of the molecule is CC.COc1ccc(CN(C(=O)C(C)C2N(C(=O)OCCOCCO[N+](=O)[O-])C3CC(C(=O)NCCOC(=O)OCCOCCO[N+](=O)[O-])CC32Cc2ccc(CCCOc3c(F)ccc(F)c3Cl)cc2)C2CC2)cc1C. The predicted octanol–water partition coefficient (Wildman–Crippen LogP) is 7.65. The molecule has 6 rings (SSSR count). The quantitative estimate of drug-likeness (QED) is 0.0213. The number of ether oxygens (including phenoxy) is 7. The van der Waals surface area contributed by atoms with Crippen LogP contribution in [0.4, 0.5) is 18.4 Å². The van der Waals surface area contributed by atoms with Gasteiger partial charge in [0.15, 0.2) is 11.6 Å². The fraction of sp³-hybridized carbons (Fsp3) is 0.577. The highest BCUT2D eigenvalue weighted by Gasteiger charge is 2.69. The monoisotopic (exact) mass is 1110 g/mol. The first-order valence-corrected chi connectivity index (χ1v) is 25.9. The summed E-state index contributed by atoms with van der Waals surface area (Å²) in [6.07, 6.45) is 1.66. The summed E-state index contributed by atoms with van der Waals surface area (Å²) in [5.41, 5.74) is 2.77. The first-order chi connectivity index (χ1) is 37.0. The summed E-state index contributed by atoms with van der Waals surface area (Å²) in [5, 5.41) is 21.3. The maximum atomic E-state index is 15.1. The molecule has 2 aliphatic carbocycles. The second-order valence-corrected chi connectivity index (χ2v) is 18.7. The molecule has 0 bridgehead atoms. The lowest BCUT2D eigenvalue weighted by Gasteiger charge is -2.62. The van der Waals surface area contributed by atoms with Crippen LogP contribution in [-0.4, -0.2) is 142 Å². The molecule has 77 heavy (non-hydrogen) atoms. The zero-order chi connectivity index (χ0) is 56.1. The van der Waals surface area contributed by atoms with Crippen molar-refractivity contribution in [2.45, 2.75) is 97.3 Å². The maximum Gasteiger partial charge on any atom is 0.508 e. The third kappa shape index (κ3) is 17.4. The minimum atomic E-state index is -1.02. The Hall–Kier alpha value is -6.79. The molecule has 0 aromatic heterocycles. The Morgan fingerprint density at radius 3 is 2.04 bits per heavy atom. The molecule has 0 radical (unpaired) electrons. The van der Waals surface area contributed by atoms with E-state index in [1.165, 1.54) is 0 Å². The number of fused-ring (bicyclic) bond motifs is 1. The van der Waals surface area contributed by atoms with Gasteiger partial charge in [0.05, 0.1) is 58.6 Å². The molecular formula is C52H68ClF2N5O17. The van der Waals surface area contributed by atoms with E-state index in [1.54, 1.807) is 18.9 Å². The third-order valence-corrected chi connectivity index (χ3v) is 13.7. The summed E-state index contributed by atoms with van der Waals surface area (Å²) in [6, 6.07) is 14.0. The number of carbonyl (C=O) groups excluding carboxylic acids is 4. The molecule has 2 saturated carbocycles. The Bertz CT molecular complexity index is 2460. The van der Waals surface area contributed by atoms with Crippen molar-refractivity contribution < 1.29 is 81.0 Å². The Morgan fingerprint density at radius 2 is 1.42 bits per heavy atom. The van der Waals surface area contributed by atoms with Gasteiger partial charge in [-0.2, -0.15) is 0 Å². The van der Waals surface area contributed by atoms with Gasteiger partial charge in [0.2, 0.25) is 11.8 Å². The van der Waals surface area contributed by atoms with Gasteiger partial charge in [-0.25, -0.2) is 18.4 Å². The number of nitrogens with one attached hydrogen (secondary N) is 1. The molecule has 3 amide bonds. The highest BCUT2D eigenvalue weighted by Crippen LogP contribution is 2.61. The van der Waals surface area contributed by atoms with E-state index in [4.69, 9.17) is 44.8 Å². The van der Waals surface area contributed by atoms with Crippen molar-refractivity contribution in [3.05, 3.63) is 114 Å². The molecule has 5 atom stereocenters. The number of benzene rings is 3. The number of methoxy groups -OCH3 is 1. The van der Waals surface area contributed by atoms with Crippen LogP contribution in [-0.2, 0) is 62.3 Å². The van der Waals surface area contributed by atoms with Crippen LogP contribution >= 0.6 is 11.6 Å². The number of nitrogens with zero attached hydrogens (tertiary/aromatic N) is 4. The summed E-state index contributed by atoms with van der Waals surface area (Å²) in [5.74, 6) is -3.22. The Labute approximate surface area is 450 Å². The van der Waals surface area contributed by atoms with Crippen molar-refractivity contribution in [2.24, 2.45) is 17.3 Å². The van der Waals surface area contributed by atoms with Crippen LogP contribution in [0.5, 0.6) is 11.5 Å². The van der Waals surface area contributed by atoms with Crippen molar-refractivity contribution in [1.82, 2.24) is 15.1 Å². The van der Waals surface area contributed by atoms with Gasteiger partial charge in [-0.1, -0.05) is 68.8 Å². The predicted molar refractivity (Wildman–Crippen MR) is 271 cm³/mol. The zero-order valence-electron chi connectivity index (χ0n) is 43.9. The van der Waals surface area contributed by atoms with Gasteiger partial charge in [-0.05, 0) is 92.3 Å². The van der Waals surface area contributed by atoms with E-state index in [2.05, 4.69) is 15.0 Å². The molecular weight excluding hydrogens is 1040 g/mol. The van der Waals surface area contributed by atoms with Gasteiger partial charge in [0, 0.05) is 30.0 Å². The molecule has 3 aromatic carbocycles.